The lowest BCUT2D eigenvalue weighted by molar-refractivity contribution is 0.348. The Balaban J connectivity index is 1.06. The van der Waals surface area contributed by atoms with E-state index in [4.69, 9.17) is 4.74 Å². The molecule has 258 valence electrons. The number of halogens is 2. The van der Waals surface area contributed by atoms with Gasteiger partial charge in [0.15, 0.2) is 0 Å². The summed E-state index contributed by atoms with van der Waals surface area (Å²) in [7, 11) is 0. The molecule has 2 fully saturated rings. The Morgan fingerprint density at radius 3 is 1.69 bits per heavy atom. The topological polar surface area (TPSA) is 19.0 Å². The summed E-state index contributed by atoms with van der Waals surface area (Å²) in [4.78, 5) is 5.38. The van der Waals surface area contributed by atoms with Crippen LogP contribution in [-0.2, 0) is 15.6 Å². The van der Waals surface area contributed by atoms with Crippen LogP contribution in [0.5, 0.6) is 0 Å². The fourth-order valence-corrected chi connectivity index (χ4v) is 11.6. The van der Waals surface area contributed by atoms with Crippen LogP contribution in [0, 0.1) is 11.8 Å². The molecule has 4 aromatic rings. The van der Waals surface area contributed by atoms with Crippen LogP contribution < -0.4 is 9.80 Å². The summed E-state index contributed by atoms with van der Waals surface area (Å²) in [5.74, 6) is 0.681. The highest BCUT2D eigenvalue weighted by atomic mass is 79.9. The smallest absolute Gasteiger partial charge is 0.114 e. The quantitative estimate of drug-likeness (QED) is 0.117. The van der Waals surface area contributed by atoms with E-state index in [2.05, 4.69) is 192 Å². The predicted octanol–water partition coefficient (Wildman–Crippen LogP) is 11.4. The van der Waals surface area contributed by atoms with Crippen molar-refractivity contribution in [1.29, 1.82) is 0 Å². The second-order valence-corrected chi connectivity index (χ2v) is 19.5. The van der Waals surface area contributed by atoms with Crippen LogP contribution in [0.25, 0.3) is 0 Å². The molecule has 7 atom stereocenters. The normalized spacial score (nSPS) is 31.6. The third kappa shape index (κ3) is 4.63. The number of benzene rings is 4. The molecule has 3 nitrogen and oxygen atoms in total. The van der Waals surface area contributed by atoms with Crippen LogP contribution in [0.2, 0.25) is 0 Å². The predicted molar refractivity (Wildman–Crippen MR) is 218 cm³/mol. The van der Waals surface area contributed by atoms with E-state index < -0.39 is 0 Å². The number of hydrogen-bond acceptors (Lipinski definition) is 3. The SMILES string of the molecule is CC1(C)c2ccccc2N(CC2C[C@H]3C4=CC(N5c6ccccc6C(C)(C)c6ccccc65)[C@@H](Br)C=C4C4OC4C3=CC2(C)Br)c2ccccc21. The zero-order valence-corrected chi connectivity index (χ0v) is 33.1. The zero-order valence-electron chi connectivity index (χ0n) is 29.9. The van der Waals surface area contributed by atoms with Crippen LogP contribution in [0.1, 0.15) is 63.3 Å². The molecule has 51 heavy (non-hydrogen) atoms. The third-order valence-corrected chi connectivity index (χ3v) is 14.8. The molecule has 10 rings (SSSR count). The van der Waals surface area contributed by atoms with Gasteiger partial charge in [0.05, 0.1) is 10.9 Å². The van der Waals surface area contributed by atoms with Crippen LogP contribution in [0.4, 0.5) is 22.7 Å². The molecule has 5 unspecified atom stereocenters. The van der Waals surface area contributed by atoms with Crippen molar-refractivity contribution in [2.75, 3.05) is 16.3 Å². The van der Waals surface area contributed by atoms with E-state index >= 15 is 0 Å². The van der Waals surface area contributed by atoms with Gasteiger partial charge in [0, 0.05) is 50.4 Å². The largest absolute Gasteiger partial charge is 0.360 e. The molecular formula is C46H44Br2N2O. The maximum atomic E-state index is 6.54. The molecule has 1 saturated carbocycles. The van der Waals surface area contributed by atoms with Crippen LogP contribution in [0.3, 0.4) is 0 Å². The number of nitrogens with zero attached hydrogens (tertiary/aromatic N) is 2. The van der Waals surface area contributed by atoms with Crippen molar-refractivity contribution in [2.24, 2.45) is 11.8 Å². The summed E-state index contributed by atoms with van der Waals surface area (Å²) in [6, 6.07) is 36.3. The number of alkyl halides is 2. The molecule has 0 amide bonds. The molecule has 0 radical (unpaired) electrons. The average Bonchev–Trinajstić information content (AvgIpc) is 3.93. The second-order valence-electron chi connectivity index (χ2n) is 16.7. The summed E-state index contributed by atoms with van der Waals surface area (Å²) >= 11 is 8.51. The molecule has 4 aromatic carbocycles. The molecule has 3 aliphatic carbocycles. The van der Waals surface area contributed by atoms with Crippen molar-refractivity contribution < 1.29 is 4.74 Å². The van der Waals surface area contributed by atoms with E-state index in [9.17, 15) is 0 Å². The summed E-state index contributed by atoms with van der Waals surface area (Å²) < 4.78 is 6.38. The summed E-state index contributed by atoms with van der Waals surface area (Å²) in [5, 5.41) is 0. The molecule has 0 bridgehead atoms. The highest BCUT2D eigenvalue weighted by molar-refractivity contribution is 9.10. The standard InChI is InChI=1S/C46H44Br2N2O/c1-44(2)32-14-6-10-18-37(32)49(38-19-11-7-15-33(38)44)26-27-22-28-29-24-41(36(47)23-30(29)42-43(51-42)31(28)25-46(27,5)48)50-39-20-12-8-16-34(39)45(3,4)35-17-9-13-21-40(35)50/h6-21,23-25,27-28,36,41-43H,22,26H2,1-5H3/t27?,28-,36-,41?,42?,43?,46?/m0/s1. The Labute approximate surface area is 319 Å². The summed E-state index contributed by atoms with van der Waals surface area (Å²) in [6.07, 6.45) is 9.04. The van der Waals surface area contributed by atoms with Gasteiger partial charge in [0.25, 0.3) is 0 Å². The van der Waals surface area contributed by atoms with Gasteiger partial charge in [-0.3, -0.25) is 0 Å². The summed E-state index contributed by atoms with van der Waals surface area (Å²) in [6.45, 7) is 12.8. The molecule has 5 heteroatoms. The zero-order chi connectivity index (χ0) is 35.0. The molecular weight excluding hydrogens is 756 g/mol. The molecule has 6 aliphatic rings. The van der Waals surface area contributed by atoms with Crippen molar-refractivity contribution in [2.45, 2.75) is 79.3 Å². The van der Waals surface area contributed by atoms with E-state index in [1.54, 1.807) is 0 Å². The monoisotopic (exact) mass is 798 g/mol. The lowest BCUT2D eigenvalue weighted by Crippen LogP contribution is -2.46. The summed E-state index contributed by atoms with van der Waals surface area (Å²) in [5.41, 5.74) is 15.0. The maximum Gasteiger partial charge on any atom is 0.114 e. The Morgan fingerprint density at radius 1 is 0.647 bits per heavy atom. The molecule has 0 N–H and O–H groups in total. The third-order valence-electron chi connectivity index (χ3n) is 13.1. The van der Waals surface area contributed by atoms with Gasteiger partial charge in [-0.15, -0.1) is 0 Å². The first-order chi connectivity index (χ1) is 24.5. The average molecular weight is 801 g/mol. The first-order valence-electron chi connectivity index (χ1n) is 18.6. The number of hydrogen-bond donors (Lipinski definition) is 0. The van der Waals surface area contributed by atoms with Crippen molar-refractivity contribution in [3.8, 4) is 0 Å². The lowest BCUT2D eigenvalue weighted by Gasteiger charge is -2.49. The molecule has 3 aliphatic heterocycles. The van der Waals surface area contributed by atoms with Crippen molar-refractivity contribution in [3.05, 3.63) is 154 Å². The van der Waals surface area contributed by atoms with Gasteiger partial charge in [0.2, 0.25) is 0 Å². The van der Waals surface area contributed by atoms with Crippen molar-refractivity contribution in [3.63, 3.8) is 0 Å². The number of epoxide rings is 1. The molecule has 0 aromatic heterocycles. The van der Waals surface area contributed by atoms with Crippen LogP contribution in [0.15, 0.2) is 132 Å². The second kappa shape index (κ2) is 11.1. The Kier molecular flexibility index (Phi) is 7.01. The maximum absolute atomic E-state index is 6.54. The molecule has 0 spiro atoms. The number of allylic oxidation sites excluding steroid dienone is 1. The number of anilines is 4. The fraction of sp³-hybridized carbons (Fsp3) is 0.348. The number of fused-ring (bicyclic) bond motifs is 10. The van der Waals surface area contributed by atoms with Gasteiger partial charge in [-0.2, -0.15) is 0 Å². The highest BCUT2D eigenvalue weighted by Crippen LogP contribution is 2.60. The van der Waals surface area contributed by atoms with Gasteiger partial charge in [-0.05, 0) is 82.5 Å². The van der Waals surface area contributed by atoms with E-state index in [0.29, 0.717) is 11.8 Å². The van der Waals surface area contributed by atoms with Crippen LogP contribution >= 0.6 is 31.9 Å². The lowest BCUT2D eigenvalue weighted by atomic mass is 9.64. The fourth-order valence-electron chi connectivity index (χ4n) is 10.4. The van der Waals surface area contributed by atoms with Gasteiger partial charge in [0.1, 0.15) is 12.2 Å². The van der Waals surface area contributed by atoms with E-state index in [1.807, 2.05) is 0 Å². The van der Waals surface area contributed by atoms with Gasteiger partial charge >= 0.3 is 0 Å². The van der Waals surface area contributed by atoms with Crippen LogP contribution in [-0.4, -0.2) is 33.9 Å². The number of ether oxygens (including phenoxy) is 1. The molecule has 3 heterocycles. The Morgan fingerprint density at radius 2 is 1.14 bits per heavy atom. The van der Waals surface area contributed by atoms with E-state index in [0.717, 1.165) is 13.0 Å². The molecule has 1 saturated heterocycles. The van der Waals surface area contributed by atoms with Crippen molar-refractivity contribution in [1.82, 2.24) is 0 Å². The minimum atomic E-state index is -0.156. The number of rotatable bonds is 3. The first-order valence-corrected chi connectivity index (χ1v) is 20.3. The van der Waals surface area contributed by atoms with Gasteiger partial charge in [-0.1, -0.05) is 151 Å². The highest BCUT2D eigenvalue weighted by Gasteiger charge is 2.57. The minimum Gasteiger partial charge on any atom is -0.360 e. The minimum absolute atomic E-state index is 0.0581. The van der Waals surface area contributed by atoms with Crippen molar-refractivity contribution >= 4 is 54.6 Å². The van der Waals surface area contributed by atoms with Gasteiger partial charge < -0.3 is 14.5 Å². The van der Waals surface area contributed by atoms with E-state index in [-0.39, 0.29) is 38.2 Å². The van der Waals surface area contributed by atoms with Gasteiger partial charge in [-0.25, -0.2) is 0 Å². The Hall–Kier alpha value is -3.38. The number of para-hydroxylation sites is 4. The Bertz CT molecular complexity index is 2110. The first kappa shape index (κ1) is 32.3. The van der Waals surface area contributed by atoms with E-state index in [1.165, 1.54) is 61.7 Å².